The Balaban J connectivity index is 5.67. The number of hydrogen-bond acceptors (Lipinski definition) is 6. The lowest BCUT2D eigenvalue weighted by Crippen LogP contribution is -2.61. The van der Waals surface area contributed by atoms with Gasteiger partial charge in [0.05, 0.1) is 6.61 Å². The molecule has 6 nitrogen and oxygen atoms in total. The van der Waals surface area contributed by atoms with E-state index >= 15 is 0 Å². The van der Waals surface area contributed by atoms with Crippen LogP contribution in [0.3, 0.4) is 0 Å². The van der Waals surface area contributed by atoms with E-state index in [1.165, 1.54) is 0 Å². The standard InChI is InChI=1S/C20H48O6Si4/c1-20(2)19-23-15-12-18-30(24-27(3,4)5,25-28(6,7)16-10-13-21)26-29(8,9)17-11-14-22/h21-22H,1,10-19H2,2-9H3. The van der Waals surface area contributed by atoms with Crippen LogP contribution in [0.2, 0.25) is 64.0 Å². The molecule has 0 aliphatic heterocycles. The smallest absolute Gasteiger partial charge is 0.417 e. The van der Waals surface area contributed by atoms with Crippen molar-refractivity contribution in [2.75, 3.05) is 26.4 Å². The second kappa shape index (κ2) is 13.8. The van der Waals surface area contributed by atoms with Crippen LogP contribution in [0, 0.1) is 0 Å². The van der Waals surface area contributed by atoms with E-state index in [0.29, 0.717) is 13.2 Å². The van der Waals surface area contributed by atoms with Crippen LogP contribution >= 0.6 is 0 Å². The van der Waals surface area contributed by atoms with E-state index in [1.807, 2.05) is 6.92 Å². The largest absolute Gasteiger partial charge is 0.469 e. The molecular formula is C20H48O6Si4. The average Bonchev–Trinajstić information content (AvgIpc) is 2.55. The summed E-state index contributed by atoms with van der Waals surface area (Å²) < 4.78 is 26.3. The van der Waals surface area contributed by atoms with Crippen LogP contribution in [-0.4, -0.2) is 70.4 Å². The van der Waals surface area contributed by atoms with E-state index in [2.05, 4.69) is 52.4 Å². The molecule has 0 fully saturated rings. The third-order valence-electron chi connectivity index (χ3n) is 4.32. The van der Waals surface area contributed by atoms with E-state index < -0.39 is 33.8 Å². The summed E-state index contributed by atoms with van der Waals surface area (Å²) in [6.45, 7) is 22.7. The van der Waals surface area contributed by atoms with E-state index in [0.717, 1.165) is 43.0 Å². The first kappa shape index (κ1) is 30.4. The monoisotopic (exact) mass is 496 g/mol. The molecule has 0 aliphatic rings. The highest BCUT2D eigenvalue weighted by Crippen LogP contribution is 2.32. The first-order chi connectivity index (χ1) is 13.7. The average molecular weight is 497 g/mol. The van der Waals surface area contributed by atoms with Crippen molar-refractivity contribution in [3.63, 3.8) is 0 Å². The summed E-state index contributed by atoms with van der Waals surface area (Å²) in [5.74, 6) is 0. The van der Waals surface area contributed by atoms with Crippen molar-refractivity contribution in [3.05, 3.63) is 12.2 Å². The van der Waals surface area contributed by atoms with Crippen LogP contribution in [-0.2, 0) is 17.1 Å². The van der Waals surface area contributed by atoms with Crippen LogP contribution in [0.4, 0.5) is 0 Å². The van der Waals surface area contributed by atoms with Crippen molar-refractivity contribution in [1.82, 2.24) is 0 Å². The van der Waals surface area contributed by atoms with Crippen molar-refractivity contribution in [3.8, 4) is 0 Å². The Morgan fingerprint density at radius 2 is 1.20 bits per heavy atom. The number of rotatable bonds is 18. The Morgan fingerprint density at radius 3 is 1.57 bits per heavy atom. The van der Waals surface area contributed by atoms with Gasteiger partial charge in [-0.15, -0.1) is 0 Å². The number of ether oxygens (including phenoxy) is 1. The predicted octanol–water partition coefficient (Wildman–Crippen LogP) is 4.97. The van der Waals surface area contributed by atoms with Gasteiger partial charge in [-0.25, -0.2) is 0 Å². The van der Waals surface area contributed by atoms with Gasteiger partial charge in [-0.2, -0.15) is 0 Å². The molecule has 10 heteroatoms. The third kappa shape index (κ3) is 15.2. The Bertz CT molecular complexity index is 472. The van der Waals surface area contributed by atoms with Crippen LogP contribution in [0.5, 0.6) is 0 Å². The van der Waals surface area contributed by atoms with E-state index in [-0.39, 0.29) is 13.2 Å². The van der Waals surface area contributed by atoms with Gasteiger partial charge in [0.1, 0.15) is 0 Å². The van der Waals surface area contributed by atoms with Gasteiger partial charge in [-0.3, -0.25) is 0 Å². The summed E-state index contributed by atoms with van der Waals surface area (Å²) in [5.41, 5.74) is 1.01. The predicted molar refractivity (Wildman–Crippen MR) is 135 cm³/mol. The number of hydrogen-bond donors (Lipinski definition) is 2. The molecule has 0 bridgehead atoms. The van der Waals surface area contributed by atoms with Gasteiger partial charge in [0.15, 0.2) is 25.0 Å². The molecule has 0 unspecified atom stereocenters. The summed E-state index contributed by atoms with van der Waals surface area (Å²) in [6.07, 6.45) is 2.30. The van der Waals surface area contributed by atoms with Gasteiger partial charge >= 0.3 is 8.80 Å². The molecule has 0 aromatic rings. The molecule has 2 N–H and O–H groups in total. The lowest BCUT2D eigenvalue weighted by molar-refractivity contribution is 0.151. The maximum atomic E-state index is 9.33. The Labute approximate surface area is 189 Å². The number of aliphatic hydroxyl groups excluding tert-OH is 2. The zero-order valence-electron chi connectivity index (χ0n) is 20.8. The fourth-order valence-electron chi connectivity index (χ4n) is 3.27. The van der Waals surface area contributed by atoms with Gasteiger partial charge in [-0.1, -0.05) is 12.2 Å². The normalized spacial score (nSPS) is 13.7. The first-order valence-electron chi connectivity index (χ1n) is 11.2. The van der Waals surface area contributed by atoms with Crippen molar-refractivity contribution < 1.29 is 27.3 Å². The van der Waals surface area contributed by atoms with E-state index in [1.54, 1.807) is 0 Å². The Kier molecular flexibility index (Phi) is 14.0. The second-order valence-corrected chi connectivity index (χ2v) is 27.0. The van der Waals surface area contributed by atoms with Crippen molar-refractivity contribution in [1.29, 1.82) is 0 Å². The molecule has 0 heterocycles. The fourth-order valence-corrected chi connectivity index (χ4v) is 20.0. The summed E-state index contributed by atoms with van der Waals surface area (Å²) in [4.78, 5) is 0. The molecule has 0 spiro atoms. The lowest BCUT2D eigenvalue weighted by Gasteiger charge is -2.44. The molecule has 0 aliphatic carbocycles. The highest BCUT2D eigenvalue weighted by molar-refractivity contribution is 6.90. The topological polar surface area (TPSA) is 77.4 Å². The minimum atomic E-state index is -2.96. The SMILES string of the molecule is C=C(C)COCCC[Si](O[Si](C)(C)C)(O[Si](C)(C)CCCO)O[Si](C)(C)CCCO. The summed E-state index contributed by atoms with van der Waals surface area (Å²) in [5, 5.41) is 18.7. The Hall–Kier alpha value is 0.368. The van der Waals surface area contributed by atoms with Gasteiger partial charge < -0.3 is 27.3 Å². The molecule has 0 saturated carbocycles. The van der Waals surface area contributed by atoms with E-state index in [4.69, 9.17) is 17.1 Å². The highest BCUT2D eigenvalue weighted by atomic mass is 28.5. The maximum absolute atomic E-state index is 9.33. The molecule has 0 atom stereocenters. The summed E-state index contributed by atoms with van der Waals surface area (Å²) in [6, 6.07) is 2.49. The van der Waals surface area contributed by atoms with Gasteiger partial charge in [0, 0.05) is 25.9 Å². The Morgan fingerprint density at radius 1 is 0.733 bits per heavy atom. The maximum Gasteiger partial charge on any atom is 0.469 e. The minimum Gasteiger partial charge on any atom is -0.417 e. The summed E-state index contributed by atoms with van der Waals surface area (Å²) >= 11 is 0. The molecule has 30 heavy (non-hydrogen) atoms. The highest BCUT2D eigenvalue weighted by Gasteiger charge is 2.51. The van der Waals surface area contributed by atoms with Crippen molar-refractivity contribution in [2.24, 2.45) is 0 Å². The van der Waals surface area contributed by atoms with Gasteiger partial charge in [-0.05, 0) is 84.1 Å². The number of aliphatic hydroxyl groups is 2. The van der Waals surface area contributed by atoms with Gasteiger partial charge in [0.25, 0.3) is 0 Å². The molecule has 180 valence electrons. The van der Waals surface area contributed by atoms with Crippen LogP contribution in [0.25, 0.3) is 0 Å². The summed E-state index contributed by atoms with van der Waals surface area (Å²) in [7, 11) is -9.07. The fraction of sp³-hybridized carbons (Fsp3) is 0.900. The van der Waals surface area contributed by atoms with Gasteiger partial charge in [0.2, 0.25) is 0 Å². The molecule has 0 aromatic heterocycles. The molecule has 0 saturated heterocycles. The van der Waals surface area contributed by atoms with Crippen LogP contribution in [0.15, 0.2) is 12.2 Å². The minimum absolute atomic E-state index is 0.176. The van der Waals surface area contributed by atoms with Crippen molar-refractivity contribution in [2.45, 2.75) is 90.1 Å². The second-order valence-electron chi connectivity index (χ2n) is 10.4. The lowest BCUT2D eigenvalue weighted by atomic mass is 10.4. The molecule has 0 rings (SSSR count). The third-order valence-corrected chi connectivity index (χ3v) is 19.0. The quantitative estimate of drug-likeness (QED) is 0.158. The van der Waals surface area contributed by atoms with Crippen LogP contribution in [0.1, 0.15) is 26.2 Å². The zero-order valence-corrected chi connectivity index (χ0v) is 24.8. The molecule has 0 radical (unpaired) electrons. The zero-order chi connectivity index (χ0) is 23.5. The molecular weight excluding hydrogens is 449 g/mol. The van der Waals surface area contributed by atoms with E-state index in [9.17, 15) is 10.2 Å². The first-order valence-corrected chi connectivity index (χ1v) is 22.8. The molecule has 0 aromatic carbocycles. The van der Waals surface area contributed by atoms with Crippen molar-refractivity contribution >= 4 is 33.8 Å². The van der Waals surface area contributed by atoms with Crippen LogP contribution < -0.4 is 0 Å². The molecule has 0 amide bonds.